The van der Waals surface area contributed by atoms with Gasteiger partial charge in [-0.2, -0.15) is 0 Å². The molecule has 1 aliphatic rings. The molecule has 1 saturated heterocycles. The van der Waals surface area contributed by atoms with E-state index in [0.717, 1.165) is 31.5 Å². The Balaban J connectivity index is 1.85. The Morgan fingerprint density at radius 3 is 2.91 bits per heavy atom. The van der Waals surface area contributed by atoms with Gasteiger partial charge in [0.05, 0.1) is 11.9 Å². The monoisotopic (exact) mass is 316 g/mol. The van der Waals surface area contributed by atoms with Crippen LogP contribution in [0.5, 0.6) is 0 Å². The molecule has 4 heterocycles. The van der Waals surface area contributed by atoms with Crippen LogP contribution >= 0.6 is 11.6 Å². The van der Waals surface area contributed by atoms with Crippen molar-refractivity contribution in [1.29, 1.82) is 0 Å². The van der Waals surface area contributed by atoms with Gasteiger partial charge in [0, 0.05) is 12.8 Å². The fourth-order valence-corrected chi connectivity index (χ4v) is 2.86. The summed E-state index contributed by atoms with van der Waals surface area (Å²) in [7, 11) is 0. The summed E-state index contributed by atoms with van der Waals surface area (Å²) in [6, 6.07) is 0. The maximum Gasteiger partial charge on any atom is 0.165 e. The van der Waals surface area contributed by atoms with Crippen LogP contribution in [0.25, 0.3) is 22.4 Å². The highest BCUT2D eigenvalue weighted by Gasteiger charge is 2.21. The fraction of sp³-hybridized carbons (Fsp3) is 0.357. The first kappa shape index (κ1) is 13.5. The molecule has 1 fully saturated rings. The van der Waals surface area contributed by atoms with Crippen molar-refractivity contribution in [2.24, 2.45) is 0 Å². The van der Waals surface area contributed by atoms with Crippen molar-refractivity contribution in [3.05, 3.63) is 30.3 Å². The van der Waals surface area contributed by atoms with E-state index in [9.17, 15) is 0 Å². The standard InChI is InChI=1S/C14H13ClN6O/c15-13-9(5-16-6-18-13)11-12-14(19-7-17-11)21(8-20-12)10-3-1-2-4-22-10/h5-8,10H,1-4H2. The molecule has 0 saturated carbocycles. The van der Waals surface area contributed by atoms with E-state index in [1.165, 1.54) is 12.7 Å². The van der Waals surface area contributed by atoms with E-state index in [1.54, 1.807) is 12.5 Å². The molecule has 22 heavy (non-hydrogen) atoms. The Bertz CT molecular complexity index is 814. The molecule has 1 unspecified atom stereocenters. The molecule has 0 amide bonds. The van der Waals surface area contributed by atoms with Gasteiger partial charge < -0.3 is 4.74 Å². The predicted molar refractivity (Wildman–Crippen MR) is 80.2 cm³/mol. The first-order valence-corrected chi connectivity index (χ1v) is 7.47. The van der Waals surface area contributed by atoms with Crippen LogP contribution in [0.1, 0.15) is 25.5 Å². The largest absolute Gasteiger partial charge is 0.358 e. The lowest BCUT2D eigenvalue weighted by Gasteiger charge is -2.23. The summed E-state index contributed by atoms with van der Waals surface area (Å²) in [6.45, 7) is 0.765. The average Bonchev–Trinajstić information content (AvgIpc) is 3.00. The first-order valence-electron chi connectivity index (χ1n) is 7.09. The normalized spacial score (nSPS) is 18.7. The Kier molecular flexibility index (Phi) is 3.44. The van der Waals surface area contributed by atoms with Crippen molar-refractivity contribution in [2.45, 2.75) is 25.5 Å². The maximum absolute atomic E-state index is 6.14. The van der Waals surface area contributed by atoms with Crippen molar-refractivity contribution < 1.29 is 4.74 Å². The molecular weight excluding hydrogens is 304 g/mol. The Labute approximate surface area is 131 Å². The highest BCUT2D eigenvalue weighted by molar-refractivity contribution is 6.32. The van der Waals surface area contributed by atoms with Crippen LogP contribution in [0.2, 0.25) is 5.15 Å². The summed E-state index contributed by atoms with van der Waals surface area (Å²) < 4.78 is 7.77. The fourth-order valence-electron chi connectivity index (χ4n) is 2.68. The summed E-state index contributed by atoms with van der Waals surface area (Å²) in [5.74, 6) is 0. The zero-order valence-electron chi connectivity index (χ0n) is 11.7. The van der Waals surface area contributed by atoms with Crippen LogP contribution in [0, 0.1) is 0 Å². The Morgan fingerprint density at radius 1 is 1.14 bits per heavy atom. The molecule has 0 aliphatic carbocycles. The van der Waals surface area contributed by atoms with Gasteiger partial charge >= 0.3 is 0 Å². The number of hydrogen-bond acceptors (Lipinski definition) is 6. The second-order valence-corrected chi connectivity index (χ2v) is 5.45. The second-order valence-electron chi connectivity index (χ2n) is 5.09. The van der Waals surface area contributed by atoms with Crippen LogP contribution in [-0.2, 0) is 4.74 Å². The Morgan fingerprint density at radius 2 is 2.09 bits per heavy atom. The van der Waals surface area contributed by atoms with E-state index in [-0.39, 0.29) is 6.23 Å². The third kappa shape index (κ3) is 2.22. The molecule has 0 N–H and O–H groups in total. The predicted octanol–water partition coefficient (Wildman–Crippen LogP) is 2.64. The zero-order chi connectivity index (χ0) is 14.9. The van der Waals surface area contributed by atoms with Crippen molar-refractivity contribution in [3.63, 3.8) is 0 Å². The summed E-state index contributed by atoms with van der Waals surface area (Å²) in [6.07, 6.45) is 9.45. The van der Waals surface area contributed by atoms with E-state index in [4.69, 9.17) is 16.3 Å². The number of imidazole rings is 1. The van der Waals surface area contributed by atoms with E-state index >= 15 is 0 Å². The molecular formula is C14H13ClN6O. The number of nitrogens with zero attached hydrogens (tertiary/aromatic N) is 6. The highest BCUT2D eigenvalue weighted by atomic mass is 35.5. The van der Waals surface area contributed by atoms with Crippen molar-refractivity contribution in [1.82, 2.24) is 29.5 Å². The number of hydrogen-bond donors (Lipinski definition) is 0. The average molecular weight is 317 g/mol. The lowest BCUT2D eigenvalue weighted by molar-refractivity contribution is -0.0298. The minimum absolute atomic E-state index is 0.0241. The van der Waals surface area contributed by atoms with Crippen molar-refractivity contribution >= 4 is 22.8 Å². The molecule has 3 aromatic heterocycles. The molecule has 0 bridgehead atoms. The van der Waals surface area contributed by atoms with Crippen LogP contribution in [0.15, 0.2) is 25.2 Å². The van der Waals surface area contributed by atoms with Crippen LogP contribution in [0.4, 0.5) is 0 Å². The van der Waals surface area contributed by atoms with Crippen LogP contribution in [0.3, 0.4) is 0 Å². The summed E-state index contributed by atoms with van der Waals surface area (Å²) in [5.41, 5.74) is 2.68. The van der Waals surface area contributed by atoms with Gasteiger partial charge in [-0.1, -0.05) is 11.6 Å². The number of ether oxygens (including phenoxy) is 1. The quantitative estimate of drug-likeness (QED) is 0.676. The molecule has 3 aromatic rings. The van der Waals surface area contributed by atoms with Crippen molar-refractivity contribution in [2.75, 3.05) is 6.61 Å². The summed E-state index contributed by atoms with van der Waals surface area (Å²) in [4.78, 5) is 21.1. The molecule has 1 aliphatic heterocycles. The van der Waals surface area contributed by atoms with Gasteiger partial charge in [-0.3, -0.25) is 4.57 Å². The zero-order valence-corrected chi connectivity index (χ0v) is 12.4. The third-order valence-electron chi connectivity index (χ3n) is 3.74. The molecule has 7 nitrogen and oxygen atoms in total. The van der Waals surface area contributed by atoms with E-state index < -0.39 is 0 Å². The van der Waals surface area contributed by atoms with E-state index in [1.807, 2.05) is 4.57 Å². The number of aromatic nitrogens is 6. The first-order chi connectivity index (χ1) is 10.8. The van der Waals surface area contributed by atoms with E-state index in [2.05, 4.69) is 24.9 Å². The number of halogens is 1. The van der Waals surface area contributed by atoms with E-state index in [0.29, 0.717) is 21.9 Å². The number of rotatable bonds is 2. The molecule has 0 aromatic carbocycles. The maximum atomic E-state index is 6.14. The van der Waals surface area contributed by atoms with Gasteiger partial charge in [0.15, 0.2) is 5.65 Å². The Hall–Kier alpha value is -2.12. The van der Waals surface area contributed by atoms with Crippen molar-refractivity contribution in [3.8, 4) is 11.3 Å². The third-order valence-corrected chi connectivity index (χ3v) is 4.04. The molecule has 8 heteroatoms. The smallest absolute Gasteiger partial charge is 0.165 e. The summed E-state index contributed by atoms with van der Waals surface area (Å²) in [5, 5.41) is 0.346. The van der Waals surface area contributed by atoms with Gasteiger partial charge in [-0.05, 0) is 19.3 Å². The SMILES string of the molecule is Clc1ncncc1-c1ncnc2c1ncn2C1CCCCO1. The molecule has 4 rings (SSSR count). The van der Waals surface area contributed by atoms with Gasteiger partial charge in [0.1, 0.15) is 35.2 Å². The molecule has 0 spiro atoms. The van der Waals surface area contributed by atoms with Gasteiger partial charge in [0.25, 0.3) is 0 Å². The minimum atomic E-state index is -0.0241. The molecule has 112 valence electrons. The number of fused-ring (bicyclic) bond motifs is 1. The van der Waals surface area contributed by atoms with Crippen LogP contribution < -0.4 is 0 Å². The van der Waals surface area contributed by atoms with Crippen LogP contribution in [-0.4, -0.2) is 36.1 Å². The molecule has 1 atom stereocenters. The second kappa shape index (κ2) is 5.58. The lowest BCUT2D eigenvalue weighted by atomic mass is 10.2. The van der Waals surface area contributed by atoms with Gasteiger partial charge in [0.2, 0.25) is 0 Å². The topological polar surface area (TPSA) is 78.6 Å². The lowest BCUT2D eigenvalue weighted by Crippen LogP contribution is -2.17. The van der Waals surface area contributed by atoms with Gasteiger partial charge in [-0.15, -0.1) is 0 Å². The highest BCUT2D eigenvalue weighted by Crippen LogP contribution is 2.31. The van der Waals surface area contributed by atoms with Gasteiger partial charge in [-0.25, -0.2) is 24.9 Å². The summed E-state index contributed by atoms with van der Waals surface area (Å²) >= 11 is 6.14. The molecule has 0 radical (unpaired) electrons. The minimum Gasteiger partial charge on any atom is -0.358 e.